The Kier molecular flexibility index (Phi) is 4.67. The van der Waals surface area contributed by atoms with Crippen LogP contribution in [0.5, 0.6) is 0 Å². The molecule has 7 nitrogen and oxygen atoms in total. The minimum Gasteiger partial charge on any atom is -0.441 e. The number of pyridine rings is 2. The third kappa shape index (κ3) is 3.65. The number of aryl methyl sites for hydroxylation is 1. The molecule has 0 bridgehead atoms. The molecule has 3 aromatic heterocycles. The van der Waals surface area contributed by atoms with E-state index in [0.717, 1.165) is 71.8 Å². The van der Waals surface area contributed by atoms with Crippen LogP contribution < -0.4 is 4.90 Å². The molecule has 0 spiro atoms. The van der Waals surface area contributed by atoms with Gasteiger partial charge in [0.1, 0.15) is 5.52 Å². The summed E-state index contributed by atoms with van der Waals surface area (Å²) in [6, 6.07) is 12.9. The van der Waals surface area contributed by atoms with Gasteiger partial charge in [0.05, 0.1) is 28.6 Å². The van der Waals surface area contributed by atoms with Crippen molar-refractivity contribution in [3.05, 3.63) is 48.5 Å². The average Bonchev–Trinajstić information content (AvgIpc) is 3.13. The lowest BCUT2D eigenvalue weighted by Crippen LogP contribution is -2.67. The van der Waals surface area contributed by atoms with Gasteiger partial charge in [-0.2, -0.15) is 0 Å². The first-order valence-corrected chi connectivity index (χ1v) is 11.7. The Morgan fingerprint density at radius 3 is 2.64 bits per heavy atom. The van der Waals surface area contributed by atoms with E-state index >= 15 is 0 Å². The Labute approximate surface area is 194 Å². The van der Waals surface area contributed by atoms with E-state index in [4.69, 9.17) is 14.4 Å². The molecule has 0 saturated carbocycles. The number of fused-ring (bicyclic) bond motifs is 2. The van der Waals surface area contributed by atoms with Crippen LogP contribution in [0.2, 0.25) is 0 Å². The second-order valence-electron chi connectivity index (χ2n) is 10.1. The molecular weight excluding hydrogens is 412 g/mol. The summed E-state index contributed by atoms with van der Waals surface area (Å²) >= 11 is 0. The smallest absolute Gasteiger partial charge is 0.192 e. The Hall–Kier alpha value is -3.03. The molecule has 0 N–H and O–H groups in total. The lowest BCUT2D eigenvalue weighted by Gasteiger charge is -2.53. The summed E-state index contributed by atoms with van der Waals surface area (Å²) in [5, 5.41) is 0. The Morgan fingerprint density at radius 2 is 1.82 bits per heavy atom. The zero-order chi connectivity index (χ0) is 22.7. The summed E-state index contributed by atoms with van der Waals surface area (Å²) < 4.78 is 5.61. The van der Waals surface area contributed by atoms with Gasteiger partial charge in [-0.25, -0.2) is 9.97 Å². The average molecular weight is 443 g/mol. The van der Waals surface area contributed by atoms with Gasteiger partial charge in [-0.15, -0.1) is 0 Å². The van der Waals surface area contributed by atoms with Crippen molar-refractivity contribution in [2.75, 3.05) is 44.7 Å². The van der Waals surface area contributed by atoms with Crippen molar-refractivity contribution < 1.29 is 4.42 Å². The quantitative estimate of drug-likeness (QED) is 0.476. The topological polar surface area (TPSA) is 61.5 Å². The number of anilines is 1. The molecular formula is C26H30N6O. The van der Waals surface area contributed by atoms with Crippen LogP contribution in [0.15, 0.2) is 47.0 Å². The van der Waals surface area contributed by atoms with E-state index in [1.54, 1.807) is 0 Å². The van der Waals surface area contributed by atoms with Crippen molar-refractivity contribution in [2.24, 2.45) is 0 Å². The molecule has 0 unspecified atom stereocenters. The molecule has 1 aromatic carbocycles. The first-order chi connectivity index (χ1) is 15.9. The summed E-state index contributed by atoms with van der Waals surface area (Å²) in [5.41, 5.74) is 6.84. The summed E-state index contributed by atoms with van der Waals surface area (Å²) in [4.78, 5) is 21.6. The fourth-order valence-electron chi connectivity index (χ4n) is 5.02. The minimum absolute atomic E-state index is 0.233. The third-order valence-electron chi connectivity index (χ3n) is 7.40. The molecule has 2 saturated heterocycles. The number of nitrogens with zero attached hydrogens (tertiary/aromatic N) is 6. The highest BCUT2D eigenvalue weighted by molar-refractivity contribution is 5.84. The van der Waals surface area contributed by atoms with E-state index in [1.807, 2.05) is 43.5 Å². The predicted molar refractivity (Wildman–Crippen MR) is 132 cm³/mol. The van der Waals surface area contributed by atoms with Gasteiger partial charge in [-0.05, 0) is 57.3 Å². The maximum atomic E-state index is 5.61. The van der Waals surface area contributed by atoms with Gasteiger partial charge in [0.2, 0.25) is 0 Å². The minimum atomic E-state index is 0.233. The zero-order valence-corrected chi connectivity index (χ0v) is 19.7. The van der Waals surface area contributed by atoms with Crippen molar-refractivity contribution in [3.8, 4) is 11.3 Å². The monoisotopic (exact) mass is 442 g/mol. The van der Waals surface area contributed by atoms with Crippen LogP contribution in [0.4, 0.5) is 5.69 Å². The molecule has 6 rings (SSSR count). The Balaban J connectivity index is 1.21. The van der Waals surface area contributed by atoms with Gasteiger partial charge in [-0.1, -0.05) is 0 Å². The number of hydrogen-bond donors (Lipinski definition) is 0. The normalized spacial score (nSPS) is 19.9. The SMILES string of the molecule is Cc1nc2cc(-c3ccc4ncc(N5CC(N6CCN(C)C(C)(C)C6)C5)cc4n3)ccc2o1. The molecule has 5 heterocycles. The molecule has 0 radical (unpaired) electrons. The Bertz CT molecular complexity index is 1340. The van der Waals surface area contributed by atoms with Crippen LogP contribution in [0.3, 0.4) is 0 Å². The maximum Gasteiger partial charge on any atom is 0.192 e. The molecule has 0 aliphatic carbocycles. The maximum absolute atomic E-state index is 5.61. The highest BCUT2D eigenvalue weighted by Gasteiger charge is 2.39. The van der Waals surface area contributed by atoms with Gasteiger partial charge < -0.3 is 9.32 Å². The first-order valence-electron chi connectivity index (χ1n) is 11.7. The van der Waals surface area contributed by atoms with E-state index in [1.165, 1.54) is 0 Å². The van der Waals surface area contributed by atoms with Crippen molar-refractivity contribution >= 4 is 27.8 Å². The molecule has 0 amide bonds. The van der Waals surface area contributed by atoms with E-state index in [-0.39, 0.29) is 5.54 Å². The third-order valence-corrected chi connectivity index (χ3v) is 7.40. The van der Waals surface area contributed by atoms with Crippen LogP contribution in [0.1, 0.15) is 19.7 Å². The first kappa shape index (κ1) is 20.6. The number of aromatic nitrogens is 3. The fourth-order valence-corrected chi connectivity index (χ4v) is 5.02. The molecule has 2 aliphatic heterocycles. The van der Waals surface area contributed by atoms with Crippen LogP contribution in [0.25, 0.3) is 33.4 Å². The highest BCUT2D eigenvalue weighted by atomic mass is 16.3. The summed E-state index contributed by atoms with van der Waals surface area (Å²) in [7, 11) is 2.23. The molecule has 4 aromatic rings. The zero-order valence-electron chi connectivity index (χ0n) is 19.7. The number of piperazine rings is 1. The van der Waals surface area contributed by atoms with Gasteiger partial charge in [0.15, 0.2) is 11.5 Å². The Morgan fingerprint density at radius 1 is 0.970 bits per heavy atom. The van der Waals surface area contributed by atoms with Crippen LogP contribution in [-0.4, -0.2) is 76.1 Å². The molecule has 2 fully saturated rings. The van der Waals surface area contributed by atoms with Crippen molar-refractivity contribution in [3.63, 3.8) is 0 Å². The molecule has 0 atom stereocenters. The fraction of sp³-hybridized carbons (Fsp3) is 0.423. The number of rotatable bonds is 3. The summed E-state index contributed by atoms with van der Waals surface area (Å²) in [6.45, 7) is 12.1. The van der Waals surface area contributed by atoms with Crippen molar-refractivity contribution in [1.82, 2.24) is 24.8 Å². The number of oxazole rings is 1. The van der Waals surface area contributed by atoms with Gasteiger partial charge >= 0.3 is 0 Å². The number of hydrogen-bond acceptors (Lipinski definition) is 7. The van der Waals surface area contributed by atoms with Crippen LogP contribution in [-0.2, 0) is 0 Å². The van der Waals surface area contributed by atoms with Crippen molar-refractivity contribution in [1.29, 1.82) is 0 Å². The highest BCUT2D eigenvalue weighted by Crippen LogP contribution is 2.30. The molecule has 33 heavy (non-hydrogen) atoms. The molecule has 2 aliphatic rings. The van der Waals surface area contributed by atoms with Gasteiger partial charge in [0, 0.05) is 56.8 Å². The van der Waals surface area contributed by atoms with Crippen molar-refractivity contribution in [2.45, 2.75) is 32.4 Å². The van der Waals surface area contributed by atoms with Crippen LogP contribution in [0, 0.1) is 6.92 Å². The lowest BCUT2D eigenvalue weighted by atomic mass is 9.96. The van der Waals surface area contributed by atoms with Gasteiger partial charge in [0.25, 0.3) is 0 Å². The molecule has 170 valence electrons. The van der Waals surface area contributed by atoms with E-state index in [9.17, 15) is 0 Å². The largest absolute Gasteiger partial charge is 0.441 e. The lowest BCUT2D eigenvalue weighted by molar-refractivity contribution is 0.0100. The van der Waals surface area contributed by atoms with E-state index in [2.05, 4.69) is 46.6 Å². The standard InChI is InChI=1S/C26H30N6O/c1-17-28-24-11-18(5-8-25(24)33-17)21-6-7-22-23(29-21)12-19(13-27-22)32-14-20(15-32)31-10-9-30(4)26(2,3)16-31/h5-8,11-13,20H,9-10,14-16H2,1-4H3. The number of benzene rings is 1. The second-order valence-corrected chi connectivity index (χ2v) is 10.1. The summed E-state index contributed by atoms with van der Waals surface area (Å²) in [5.74, 6) is 0.676. The van der Waals surface area contributed by atoms with E-state index < -0.39 is 0 Å². The predicted octanol–water partition coefficient (Wildman–Crippen LogP) is 3.96. The second kappa shape index (κ2) is 7.50. The summed E-state index contributed by atoms with van der Waals surface area (Å²) in [6.07, 6.45) is 1.98. The van der Waals surface area contributed by atoms with Crippen LogP contribution >= 0.6 is 0 Å². The molecule has 7 heteroatoms. The number of likely N-dealkylation sites (N-methyl/N-ethyl adjacent to an activating group) is 1. The van der Waals surface area contributed by atoms with Gasteiger partial charge in [-0.3, -0.25) is 14.8 Å². The van der Waals surface area contributed by atoms with E-state index in [0.29, 0.717) is 11.9 Å².